The summed E-state index contributed by atoms with van der Waals surface area (Å²) in [4.78, 5) is 12.6. The number of rotatable bonds is 5. The van der Waals surface area contributed by atoms with Crippen LogP contribution >= 0.6 is 11.6 Å². The molecule has 0 aliphatic carbocycles. The fraction of sp³-hybridized carbons (Fsp3) is 0.118. The molecule has 11 heteroatoms. The van der Waals surface area contributed by atoms with Gasteiger partial charge in [-0.15, -0.1) is 10.2 Å². The topological polar surface area (TPSA) is 129 Å². The molecule has 3 rings (SSSR count). The number of H-pyrrole nitrogens is 1. The molecule has 28 heavy (non-hydrogen) atoms. The van der Waals surface area contributed by atoms with Crippen molar-refractivity contribution in [3.8, 4) is 11.4 Å². The summed E-state index contributed by atoms with van der Waals surface area (Å²) in [5.41, 5.74) is 0.410. The molecule has 0 amide bonds. The van der Waals surface area contributed by atoms with Gasteiger partial charge in [0.05, 0.1) is 16.3 Å². The average Bonchev–Trinajstić information content (AvgIpc) is 2.95. The van der Waals surface area contributed by atoms with Gasteiger partial charge in [-0.05, 0) is 50.4 Å². The SMILES string of the molecule is CNS(=O)(=O)c1ccc(O)c(N=Nc2c(C)[nH]n(-c3cccc(Cl)c3)c2=O)c1. The first-order valence-corrected chi connectivity index (χ1v) is 9.85. The van der Waals surface area contributed by atoms with Crippen molar-refractivity contribution in [3.05, 3.63) is 63.5 Å². The molecule has 2 aromatic carbocycles. The maximum Gasteiger partial charge on any atom is 0.299 e. The molecule has 1 aromatic heterocycles. The highest BCUT2D eigenvalue weighted by molar-refractivity contribution is 7.89. The summed E-state index contributed by atoms with van der Waals surface area (Å²) < 4.78 is 27.2. The first-order valence-electron chi connectivity index (χ1n) is 7.99. The van der Waals surface area contributed by atoms with Crippen molar-refractivity contribution in [1.29, 1.82) is 0 Å². The van der Waals surface area contributed by atoms with Crippen LogP contribution in [0, 0.1) is 6.92 Å². The fourth-order valence-corrected chi connectivity index (χ4v) is 3.36. The van der Waals surface area contributed by atoms with Gasteiger partial charge in [0.2, 0.25) is 10.0 Å². The van der Waals surface area contributed by atoms with Gasteiger partial charge in [-0.1, -0.05) is 17.7 Å². The van der Waals surface area contributed by atoms with Gasteiger partial charge in [0.15, 0.2) is 5.69 Å². The van der Waals surface area contributed by atoms with Crippen molar-refractivity contribution in [2.24, 2.45) is 10.2 Å². The Labute approximate surface area is 165 Å². The lowest BCUT2D eigenvalue weighted by molar-refractivity contribution is 0.476. The standard InChI is InChI=1S/C17H16ClN5O4S/c1-10-16(17(25)23(22-10)12-5-3-4-11(18)8-12)21-20-14-9-13(6-7-15(14)24)28(26,27)19-2/h3-9,19,22,24H,1-2H3. The predicted octanol–water partition coefficient (Wildman–Crippen LogP) is 3.16. The molecule has 0 aliphatic heterocycles. The van der Waals surface area contributed by atoms with Crippen molar-refractivity contribution >= 4 is 33.0 Å². The lowest BCUT2D eigenvalue weighted by Gasteiger charge is -2.04. The van der Waals surface area contributed by atoms with Gasteiger partial charge in [0, 0.05) is 5.02 Å². The molecular formula is C17H16ClN5O4S. The van der Waals surface area contributed by atoms with Crippen LogP contribution < -0.4 is 10.3 Å². The van der Waals surface area contributed by atoms with Gasteiger partial charge in [-0.2, -0.15) is 0 Å². The fourth-order valence-electron chi connectivity index (χ4n) is 2.42. The number of phenolic OH excluding ortho intramolecular Hbond substituents is 1. The number of aromatic amines is 1. The Balaban J connectivity index is 2.03. The Hall–Kier alpha value is -2.95. The first-order chi connectivity index (χ1) is 13.2. The zero-order chi connectivity index (χ0) is 20.5. The third kappa shape index (κ3) is 3.84. The third-order valence-corrected chi connectivity index (χ3v) is 5.54. The van der Waals surface area contributed by atoms with Crippen molar-refractivity contribution in [2.45, 2.75) is 11.8 Å². The van der Waals surface area contributed by atoms with Gasteiger partial charge >= 0.3 is 0 Å². The number of sulfonamides is 1. The minimum absolute atomic E-state index is 0.0150. The first kappa shape index (κ1) is 19.8. The Morgan fingerprint density at radius 3 is 2.61 bits per heavy atom. The molecule has 0 radical (unpaired) electrons. The van der Waals surface area contributed by atoms with Gasteiger partial charge in [-0.25, -0.2) is 17.8 Å². The van der Waals surface area contributed by atoms with Gasteiger partial charge in [-0.3, -0.25) is 9.89 Å². The summed E-state index contributed by atoms with van der Waals surface area (Å²) in [5.74, 6) is -0.276. The normalized spacial score (nSPS) is 12.0. The monoisotopic (exact) mass is 421 g/mol. The minimum Gasteiger partial charge on any atom is -0.506 e. The Morgan fingerprint density at radius 1 is 1.18 bits per heavy atom. The van der Waals surface area contributed by atoms with Crippen LogP contribution in [-0.4, -0.2) is 30.4 Å². The lowest BCUT2D eigenvalue weighted by Crippen LogP contribution is -2.18. The Bertz CT molecular complexity index is 1230. The highest BCUT2D eigenvalue weighted by atomic mass is 35.5. The maximum atomic E-state index is 12.6. The van der Waals surface area contributed by atoms with E-state index >= 15 is 0 Å². The van der Waals surface area contributed by atoms with Crippen LogP contribution in [0.3, 0.4) is 0 Å². The number of nitrogens with one attached hydrogen (secondary N) is 2. The molecule has 0 unspecified atom stereocenters. The van der Waals surface area contributed by atoms with Crippen LogP contribution in [0.4, 0.5) is 11.4 Å². The van der Waals surface area contributed by atoms with Crippen LogP contribution in [0.5, 0.6) is 5.75 Å². The number of aryl methyl sites for hydroxylation is 1. The highest BCUT2D eigenvalue weighted by Gasteiger charge is 2.15. The molecule has 0 bridgehead atoms. The van der Waals surface area contributed by atoms with Crippen molar-refractivity contribution < 1.29 is 13.5 Å². The lowest BCUT2D eigenvalue weighted by atomic mass is 10.3. The molecule has 3 aromatic rings. The largest absolute Gasteiger partial charge is 0.506 e. The second-order valence-electron chi connectivity index (χ2n) is 5.76. The summed E-state index contributed by atoms with van der Waals surface area (Å²) >= 11 is 5.96. The van der Waals surface area contributed by atoms with E-state index in [-0.39, 0.29) is 22.0 Å². The van der Waals surface area contributed by atoms with E-state index in [1.807, 2.05) is 0 Å². The number of nitrogens with zero attached hydrogens (tertiary/aromatic N) is 3. The Kier molecular flexibility index (Phi) is 5.36. The second kappa shape index (κ2) is 7.58. The molecule has 1 heterocycles. The van der Waals surface area contributed by atoms with Gasteiger partial charge < -0.3 is 5.11 Å². The number of azo groups is 1. The van der Waals surface area contributed by atoms with E-state index in [0.717, 1.165) is 6.07 Å². The summed E-state index contributed by atoms with van der Waals surface area (Å²) in [6.45, 7) is 1.64. The summed E-state index contributed by atoms with van der Waals surface area (Å²) in [7, 11) is -2.45. The van der Waals surface area contributed by atoms with Crippen molar-refractivity contribution in [1.82, 2.24) is 14.5 Å². The van der Waals surface area contributed by atoms with E-state index < -0.39 is 15.6 Å². The molecule has 0 saturated heterocycles. The zero-order valence-corrected chi connectivity index (χ0v) is 16.4. The average molecular weight is 422 g/mol. The van der Waals surface area contributed by atoms with E-state index in [9.17, 15) is 18.3 Å². The number of hydrogen-bond donors (Lipinski definition) is 3. The number of hydrogen-bond acceptors (Lipinski definition) is 6. The van der Waals surface area contributed by atoms with E-state index in [0.29, 0.717) is 16.4 Å². The Morgan fingerprint density at radius 2 is 1.93 bits per heavy atom. The number of phenols is 1. The summed E-state index contributed by atoms with van der Waals surface area (Å²) in [6, 6.07) is 10.3. The molecule has 0 fully saturated rings. The zero-order valence-electron chi connectivity index (χ0n) is 14.8. The van der Waals surface area contributed by atoms with Crippen LogP contribution in [0.2, 0.25) is 5.02 Å². The molecule has 3 N–H and O–H groups in total. The highest BCUT2D eigenvalue weighted by Crippen LogP contribution is 2.30. The van der Waals surface area contributed by atoms with E-state index in [1.54, 1.807) is 31.2 Å². The van der Waals surface area contributed by atoms with Crippen LogP contribution in [0.25, 0.3) is 5.69 Å². The van der Waals surface area contributed by atoms with Crippen molar-refractivity contribution in [3.63, 3.8) is 0 Å². The number of aromatic hydroxyl groups is 1. The van der Waals surface area contributed by atoms with E-state index in [4.69, 9.17) is 11.6 Å². The van der Waals surface area contributed by atoms with Gasteiger partial charge in [0.25, 0.3) is 5.56 Å². The number of halogens is 1. The minimum atomic E-state index is -3.72. The predicted molar refractivity (Wildman–Crippen MR) is 105 cm³/mol. The van der Waals surface area contributed by atoms with Gasteiger partial charge in [0.1, 0.15) is 11.4 Å². The smallest absolute Gasteiger partial charge is 0.299 e. The molecule has 9 nitrogen and oxygen atoms in total. The maximum absolute atomic E-state index is 12.6. The molecule has 0 aliphatic rings. The van der Waals surface area contributed by atoms with Crippen LogP contribution in [-0.2, 0) is 10.0 Å². The number of benzene rings is 2. The molecule has 0 atom stereocenters. The second-order valence-corrected chi connectivity index (χ2v) is 8.09. The molecule has 0 saturated carbocycles. The summed E-state index contributed by atoms with van der Waals surface area (Å²) in [5, 5.41) is 21.0. The van der Waals surface area contributed by atoms with E-state index in [1.165, 1.54) is 23.9 Å². The van der Waals surface area contributed by atoms with E-state index in [2.05, 4.69) is 20.0 Å². The van der Waals surface area contributed by atoms with Crippen LogP contribution in [0.15, 0.2) is 62.4 Å². The molecule has 146 valence electrons. The van der Waals surface area contributed by atoms with Crippen molar-refractivity contribution in [2.75, 3.05) is 7.05 Å². The summed E-state index contributed by atoms with van der Waals surface area (Å²) in [6.07, 6.45) is 0. The molecular weight excluding hydrogens is 406 g/mol. The quantitative estimate of drug-likeness (QED) is 0.546. The number of aromatic nitrogens is 2. The molecule has 0 spiro atoms. The van der Waals surface area contributed by atoms with Crippen LogP contribution in [0.1, 0.15) is 5.69 Å². The third-order valence-electron chi connectivity index (χ3n) is 3.89.